The molecule has 0 aliphatic heterocycles. The van der Waals surface area contributed by atoms with E-state index in [1.165, 1.54) is 10.4 Å². The van der Waals surface area contributed by atoms with Crippen LogP contribution in [0, 0.1) is 0 Å². The molecule has 0 aliphatic carbocycles. The molecule has 0 amide bonds. The Kier molecular flexibility index (Phi) is 4.21. The van der Waals surface area contributed by atoms with Crippen LogP contribution in [0.1, 0.15) is 22.8 Å². The second-order valence-corrected chi connectivity index (χ2v) is 9.94. The average Bonchev–Trinajstić information content (AvgIpc) is 2.47. The molecule has 2 aromatic carbocycles. The van der Waals surface area contributed by atoms with Gasteiger partial charge >= 0.3 is 0 Å². The molecule has 0 unspecified atom stereocenters. The van der Waals surface area contributed by atoms with Crippen LogP contribution in [0.3, 0.4) is 0 Å². The molecular weight excluding hydrogens is 264 g/mol. The van der Waals surface area contributed by atoms with E-state index in [1.54, 1.807) is 6.92 Å². The molecule has 0 spiro atoms. The summed E-state index contributed by atoms with van der Waals surface area (Å²) in [5, 5.41) is 12.0. The van der Waals surface area contributed by atoms with Gasteiger partial charge in [-0.05, 0) is 17.7 Å². The number of aliphatic hydroxyl groups is 1. The van der Waals surface area contributed by atoms with Crippen molar-refractivity contribution in [1.82, 2.24) is 0 Å². The van der Waals surface area contributed by atoms with Gasteiger partial charge in [-0.15, -0.1) is 0 Å². The fourth-order valence-corrected chi connectivity index (χ4v) is 5.33. The normalized spacial score (nSPS) is 11.4. The number of benzene rings is 2. The number of carbonyl (C=O) groups is 1. The van der Waals surface area contributed by atoms with E-state index in [0.717, 1.165) is 11.1 Å². The minimum atomic E-state index is -1.85. The van der Waals surface area contributed by atoms with Crippen LogP contribution in [0.5, 0.6) is 0 Å². The molecule has 0 saturated heterocycles. The second kappa shape index (κ2) is 5.73. The first-order valence-corrected chi connectivity index (χ1v) is 9.77. The van der Waals surface area contributed by atoms with Crippen LogP contribution in [-0.4, -0.2) is 19.0 Å². The van der Waals surface area contributed by atoms with Crippen molar-refractivity contribution >= 4 is 24.2 Å². The summed E-state index contributed by atoms with van der Waals surface area (Å²) in [6.07, 6.45) is 0. The molecule has 20 heavy (non-hydrogen) atoms. The molecule has 3 heteroatoms. The van der Waals surface area contributed by atoms with Crippen molar-refractivity contribution in [1.29, 1.82) is 0 Å². The Hall–Kier alpha value is -1.71. The zero-order valence-electron chi connectivity index (χ0n) is 12.2. The molecule has 0 fully saturated rings. The zero-order valence-corrected chi connectivity index (χ0v) is 13.2. The molecule has 0 heterocycles. The van der Waals surface area contributed by atoms with Crippen molar-refractivity contribution in [2.24, 2.45) is 0 Å². The lowest BCUT2D eigenvalue weighted by molar-refractivity contribution is 0.101. The summed E-state index contributed by atoms with van der Waals surface area (Å²) in [5.41, 5.74) is 1.74. The fourth-order valence-electron chi connectivity index (χ4n) is 2.55. The molecule has 0 atom stereocenters. The van der Waals surface area contributed by atoms with Crippen molar-refractivity contribution in [3.8, 4) is 0 Å². The number of hydrogen-bond acceptors (Lipinski definition) is 2. The van der Waals surface area contributed by atoms with E-state index in [4.69, 9.17) is 0 Å². The topological polar surface area (TPSA) is 37.3 Å². The van der Waals surface area contributed by atoms with Gasteiger partial charge in [-0.25, -0.2) is 0 Å². The highest BCUT2D eigenvalue weighted by Crippen LogP contribution is 2.10. The van der Waals surface area contributed by atoms with Gasteiger partial charge in [0.25, 0.3) is 0 Å². The third-order valence-electron chi connectivity index (χ3n) is 3.87. The quantitative estimate of drug-likeness (QED) is 0.690. The average molecular weight is 284 g/mol. The Morgan fingerprint density at radius 1 is 1.05 bits per heavy atom. The van der Waals surface area contributed by atoms with Crippen molar-refractivity contribution < 1.29 is 9.90 Å². The molecule has 0 radical (unpaired) electrons. The van der Waals surface area contributed by atoms with Crippen LogP contribution in [-0.2, 0) is 6.61 Å². The summed E-state index contributed by atoms with van der Waals surface area (Å²) in [5.74, 6) is 0.0896. The van der Waals surface area contributed by atoms with Crippen LogP contribution in [0.2, 0.25) is 13.1 Å². The van der Waals surface area contributed by atoms with Crippen molar-refractivity contribution in [3.05, 3.63) is 59.7 Å². The number of ketones is 1. The minimum absolute atomic E-state index is 0.0676. The summed E-state index contributed by atoms with van der Waals surface area (Å²) >= 11 is 0. The van der Waals surface area contributed by atoms with E-state index in [0.29, 0.717) is 0 Å². The number of Topliss-reactive ketones (excluding diaryl/α,β-unsaturated/α-hetero) is 1. The van der Waals surface area contributed by atoms with Gasteiger partial charge in [-0.3, -0.25) is 4.79 Å². The third kappa shape index (κ3) is 2.74. The predicted molar refractivity (Wildman–Crippen MR) is 85.6 cm³/mol. The van der Waals surface area contributed by atoms with Gasteiger partial charge in [0.05, 0.1) is 6.61 Å². The van der Waals surface area contributed by atoms with Crippen molar-refractivity contribution in [2.75, 3.05) is 0 Å². The lowest BCUT2D eigenvalue weighted by Crippen LogP contribution is -2.54. The first-order chi connectivity index (χ1) is 9.46. The maximum Gasteiger partial charge on any atom is 0.159 e. The van der Waals surface area contributed by atoms with E-state index in [-0.39, 0.29) is 12.4 Å². The summed E-state index contributed by atoms with van der Waals surface area (Å²) in [6, 6.07) is 16.0. The lowest BCUT2D eigenvalue weighted by atomic mass is 10.2. The van der Waals surface area contributed by atoms with Gasteiger partial charge in [-0.2, -0.15) is 0 Å². The second-order valence-electron chi connectivity index (χ2n) is 5.57. The Morgan fingerprint density at radius 2 is 1.65 bits per heavy atom. The van der Waals surface area contributed by atoms with Gasteiger partial charge in [0, 0.05) is 5.56 Å². The smallest absolute Gasteiger partial charge is 0.159 e. The van der Waals surface area contributed by atoms with E-state index in [2.05, 4.69) is 31.3 Å². The Balaban J connectivity index is 2.46. The highest BCUT2D eigenvalue weighted by atomic mass is 28.3. The summed E-state index contributed by atoms with van der Waals surface area (Å²) in [7, 11) is -1.85. The number of aliphatic hydroxyl groups excluding tert-OH is 1. The number of carbonyl (C=O) groups excluding carboxylic acids is 1. The van der Waals surface area contributed by atoms with Crippen molar-refractivity contribution in [3.63, 3.8) is 0 Å². The van der Waals surface area contributed by atoms with E-state index < -0.39 is 8.07 Å². The third-order valence-corrected chi connectivity index (χ3v) is 7.49. The molecule has 0 aliphatic rings. The molecule has 2 rings (SSSR count). The summed E-state index contributed by atoms with van der Waals surface area (Å²) in [6.45, 7) is 6.19. The van der Waals surface area contributed by atoms with Crippen LogP contribution < -0.4 is 10.4 Å². The standard InChI is InChI=1S/C17H20O2Si/c1-13(19)14-8-10-16(11-9-14)20(2,3)17-7-5-4-6-15(17)12-18/h4-11,18H,12H2,1-3H3. The SMILES string of the molecule is CC(=O)c1ccc([Si](C)(C)c2ccccc2CO)cc1. The van der Waals surface area contributed by atoms with Gasteiger partial charge in [0.1, 0.15) is 8.07 Å². The fraction of sp³-hybridized carbons (Fsp3) is 0.235. The maximum absolute atomic E-state index is 11.4. The first-order valence-electron chi connectivity index (χ1n) is 6.77. The Morgan fingerprint density at radius 3 is 2.20 bits per heavy atom. The largest absolute Gasteiger partial charge is 0.392 e. The molecule has 1 N–H and O–H groups in total. The van der Waals surface area contributed by atoms with Gasteiger partial charge in [0.15, 0.2) is 5.78 Å². The summed E-state index contributed by atoms with van der Waals surface area (Å²) in [4.78, 5) is 11.4. The first kappa shape index (κ1) is 14.7. The number of hydrogen-bond donors (Lipinski definition) is 1. The summed E-state index contributed by atoms with van der Waals surface area (Å²) < 4.78 is 0. The van der Waals surface area contributed by atoms with E-state index in [9.17, 15) is 9.90 Å². The molecule has 0 aromatic heterocycles. The lowest BCUT2D eigenvalue weighted by Gasteiger charge is -2.26. The predicted octanol–water partition coefficient (Wildman–Crippen LogP) is 2.20. The Labute approximate surface area is 121 Å². The van der Waals surface area contributed by atoms with Gasteiger partial charge in [-0.1, -0.05) is 66.8 Å². The van der Waals surface area contributed by atoms with Crippen LogP contribution in [0.15, 0.2) is 48.5 Å². The molecule has 2 aromatic rings. The van der Waals surface area contributed by atoms with Gasteiger partial charge in [0.2, 0.25) is 0 Å². The monoisotopic (exact) mass is 284 g/mol. The van der Waals surface area contributed by atoms with Crippen LogP contribution in [0.25, 0.3) is 0 Å². The van der Waals surface area contributed by atoms with E-state index >= 15 is 0 Å². The molecule has 0 bridgehead atoms. The number of rotatable bonds is 4. The van der Waals surface area contributed by atoms with Crippen molar-refractivity contribution in [2.45, 2.75) is 26.6 Å². The molecule has 0 saturated carbocycles. The molecule has 2 nitrogen and oxygen atoms in total. The highest BCUT2D eigenvalue weighted by Gasteiger charge is 2.27. The molecule has 104 valence electrons. The minimum Gasteiger partial charge on any atom is -0.392 e. The van der Waals surface area contributed by atoms with Crippen LogP contribution in [0.4, 0.5) is 0 Å². The maximum atomic E-state index is 11.4. The Bertz CT molecular complexity index is 615. The van der Waals surface area contributed by atoms with Gasteiger partial charge < -0.3 is 5.11 Å². The highest BCUT2D eigenvalue weighted by molar-refractivity contribution is 7.00. The zero-order chi connectivity index (χ0) is 14.8. The molecular formula is C17H20O2Si. The van der Waals surface area contributed by atoms with E-state index in [1.807, 2.05) is 30.3 Å². The van der Waals surface area contributed by atoms with Crippen LogP contribution >= 0.6 is 0 Å².